The van der Waals surface area contributed by atoms with E-state index in [4.69, 9.17) is 9.47 Å². The average Bonchev–Trinajstić information content (AvgIpc) is 3.29. The number of rotatable bonds is 11. The topological polar surface area (TPSA) is 125 Å². The summed E-state index contributed by atoms with van der Waals surface area (Å²) in [4.78, 5) is 12.6. The molecule has 12 heteroatoms. The van der Waals surface area contributed by atoms with E-state index in [2.05, 4.69) is 20.0 Å². The molecule has 182 valence electrons. The lowest BCUT2D eigenvalue weighted by molar-refractivity contribution is 0.102. The number of methoxy groups -OCH3 is 2. The Morgan fingerprint density at radius 2 is 1.60 bits per heavy atom. The van der Waals surface area contributed by atoms with Gasteiger partial charge in [0.1, 0.15) is 16.5 Å². The molecule has 0 bridgehead atoms. The van der Waals surface area contributed by atoms with E-state index in [1.54, 1.807) is 60.2 Å². The molecule has 0 fully saturated rings. The van der Waals surface area contributed by atoms with Crippen molar-refractivity contribution in [2.75, 3.05) is 26.5 Å². The second kappa shape index (κ2) is 10.8. The van der Waals surface area contributed by atoms with E-state index in [-0.39, 0.29) is 29.4 Å². The van der Waals surface area contributed by atoms with Gasteiger partial charge in [-0.3, -0.25) is 4.79 Å². The van der Waals surface area contributed by atoms with Crippen molar-refractivity contribution >= 4 is 33.2 Å². The molecule has 35 heavy (non-hydrogen) atoms. The van der Waals surface area contributed by atoms with Crippen LogP contribution in [0, 0.1) is 0 Å². The largest absolute Gasteiger partial charge is 0.497 e. The van der Waals surface area contributed by atoms with E-state index < -0.39 is 10.0 Å². The van der Waals surface area contributed by atoms with Crippen molar-refractivity contribution in [2.24, 2.45) is 0 Å². The number of ether oxygens (including phenoxy) is 2. The molecule has 1 N–H and O–H groups in total. The van der Waals surface area contributed by atoms with Crippen LogP contribution in [0.3, 0.4) is 0 Å². The Hall–Kier alpha value is -3.48. The zero-order valence-corrected chi connectivity index (χ0v) is 20.7. The Morgan fingerprint density at radius 1 is 0.943 bits per heavy atom. The molecule has 0 spiro atoms. The normalized spacial score (nSPS) is 11.5. The minimum atomic E-state index is -3.68. The van der Waals surface area contributed by atoms with Gasteiger partial charge in [-0.1, -0.05) is 11.8 Å². The minimum Gasteiger partial charge on any atom is -0.497 e. The Labute approximate surface area is 206 Å². The van der Waals surface area contributed by atoms with Crippen molar-refractivity contribution in [3.05, 3.63) is 72.1 Å². The third-order valence-electron chi connectivity index (χ3n) is 5.08. The molecule has 0 saturated heterocycles. The fourth-order valence-electron chi connectivity index (χ4n) is 3.18. The molecule has 4 rings (SSSR count). The zero-order valence-electron chi connectivity index (χ0n) is 19.0. The molecule has 2 aromatic carbocycles. The SMILES string of the molecule is COc1ccc(C(=O)CSc2ccc3nnc(CCNS(=O)(=O)c4ccc(OC)cc4)n3n2)cc1. The van der Waals surface area contributed by atoms with Crippen molar-refractivity contribution in [2.45, 2.75) is 16.3 Å². The number of Topliss-reactive ketones (excluding diaryl/α,β-unsaturated/α-hetero) is 1. The monoisotopic (exact) mass is 513 g/mol. The smallest absolute Gasteiger partial charge is 0.240 e. The highest BCUT2D eigenvalue weighted by atomic mass is 32.2. The summed E-state index contributed by atoms with van der Waals surface area (Å²) in [6.07, 6.45) is 0.280. The summed E-state index contributed by atoms with van der Waals surface area (Å²) in [5, 5.41) is 13.3. The van der Waals surface area contributed by atoms with E-state index in [0.29, 0.717) is 33.6 Å². The van der Waals surface area contributed by atoms with Gasteiger partial charge in [0.25, 0.3) is 0 Å². The van der Waals surface area contributed by atoms with Crippen LogP contribution in [0.25, 0.3) is 5.65 Å². The van der Waals surface area contributed by atoms with E-state index in [1.165, 1.54) is 31.0 Å². The Balaban J connectivity index is 1.38. The van der Waals surface area contributed by atoms with Gasteiger partial charge in [-0.25, -0.2) is 13.1 Å². The molecule has 2 aromatic heterocycles. The van der Waals surface area contributed by atoms with Gasteiger partial charge in [-0.05, 0) is 60.7 Å². The van der Waals surface area contributed by atoms with Gasteiger partial charge in [-0.2, -0.15) is 9.61 Å². The van der Waals surface area contributed by atoms with E-state index in [0.717, 1.165) is 0 Å². The van der Waals surface area contributed by atoms with Crippen LogP contribution in [0.1, 0.15) is 16.2 Å². The molecule has 0 aliphatic carbocycles. The maximum absolute atomic E-state index is 12.5. The predicted octanol–water partition coefficient (Wildman–Crippen LogP) is 2.64. The average molecular weight is 514 g/mol. The first-order chi connectivity index (χ1) is 16.9. The number of carbonyl (C=O) groups is 1. The van der Waals surface area contributed by atoms with Crippen LogP contribution in [-0.4, -0.2) is 60.5 Å². The summed E-state index contributed by atoms with van der Waals surface area (Å²) >= 11 is 1.30. The number of hydrogen-bond donors (Lipinski definition) is 1. The first kappa shape index (κ1) is 24.6. The number of nitrogens with one attached hydrogen (secondary N) is 1. The minimum absolute atomic E-state index is 0.0310. The van der Waals surface area contributed by atoms with Gasteiger partial charge in [0.2, 0.25) is 10.0 Å². The molecular weight excluding hydrogens is 490 g/mol. The van der Waals surface area contributed by atoms with Crippen molar-refractivity contribution in [1.82, 2.24) is 24.5 Å². The van der Waals surface area contributed by atoms with Crippen LogP contribution < -0.4 is 14.2 Å². The summed E-state index contributed by atoms with van der Waals surface area (Å²) in [5.74, 6) is 1.94. The summed E-state index contributed by atoms with van der Waals surface area (Å²) in [7, 11) is -0.593. The summed E-state index contributed by atoms with van der Waals surface area (Å²) in [5.41, 5.74) is 1.12. The van der Waals surface area contributed by atoms with Gasteiger partial charge in [0.15, 0.2) is 17.3 Å². The van der Waals surface area contributed by atoms with Crippen LogP contribution in [-0.2, 0) is 16.4 Å². The van der Waals surface area contributed by atoms with Crippen molar-refractivity contribution in [1.29, 1.82) is 0 Å². The Morgan fingerprint density at radius 3 is 2.26 bits per heavy atom. The molecule has 0 aliphatic rings. The van der Waals surface area contributed by atoms with Gasteiger partial charge in [0.05, 0.1) is 24.9 Å². The molecule has 2 heterocycles. The van der Waals surface area contributed by atoms with E-state index >= 15 is 0 Å². The quantitative estimate of drug-likeness (QED) is 0.238. The molecule has 0 radical (unpaired) electrons. The number of aromatic nitrogens is 4. The summed E-state index contributed by atoms with van der Waals surface area (Å²) in [6.45, 7) is 0.115. The van der Waals surface area contributed by atoms with Crippen LogP contribution in [0.4, 0.5) is 0 Å². The van der Waals surface area contributed by atoms with Gasteiger partial charge in [-0.15, -0.1) is 10.2 Å². The maximum Gasteiger partial charge on any atom is 0.240 e. The summed E-state index contributed by atoms with van der Waals surface area (Å²) in [6, 6.07) is 16.6. The number of ketones is 1. The lowest BCUT2D eigenvalue weighted by Crippen LogP contribution is -2.26. The highest BCUT2D eigenvalue weighted by Gasteiger charge is 2.15. The lowest BCUT2D eigenvalue weighted by atomic mass is 10.1. The molecule has 0 unspecified atom stereocenters. The highest BCUT2D eigenvalue weighted by Crippen LogP contribution is 2.19. The van der Waals surface area contributed by atoms with Gasteiger partial charge in [0, 0.05) is 18.5 Å². The predicted molar refractivity (Wildman–Crippen MR) is 131 cm³/mol. The Kier molecular flexibility index (Phi) is 7.63. The van der Waals surface area contributed by atoms with E-state index in [9.17, 15) is 13.2 Å². The van der Waals surface area contributed by atoms with Crippen molar-refractivity contribution in [3.63, 3.8) is 0 Å². The summed E-state index contributed by atoms with van der Waals surface area (Å²) < 4.78 is 39.3. The number of hydrogen-bond acceptors (Lipinski definition) is 9. The maximum atomic E-state index is 12.5. The molecule has 0 saturated carbocycles. The third kappa shape index (κ3) is 5.96. The zero-order chi connectivity index (χ0) is 24.8. The number of sulfonamides is 1. The van der Waals surface area contributed by atoms with Crippen LogP contribution >= 0.6 is 11.8 Å². The Bertz CT molecular complexity index is 1420. The first-order valence-electron chi connectivity index (χ1n) is 10.5. The number of benzene rings is 2. The standard InChI is InChI=1S/C23H23N5O5S2/c1-32-17-5-3-16(4-6-17)20(29)15-34-23-12-11-21-25-26-22(28(21)27-23)13-14-24-35(30,31)19-9-7-18(33-2)8-10-19/h3-12,24H,13-15H2,1-2H3. The van der Waals surface area contributed by atoms with Gasteiger partial charge >= 0.3 is 0 Å². The van der Waals surface area contributed by atoms with Crippen LogP contribution in [0.15, 0.2) is 70.6 Å². The van der Waals surface area contributed by atoms with Crippen molar-refractivity contribution in [3.8, 4) is 11.5 Å². The third-order valence-corrected chi connectivity index (χ3v) is 7.47. The number of nitrogens with zero attached hydrogens (tertiary/aromatic N) is 4. The second-order valence-corrected chi connectivity index (χ2v) is 10.1. The first-order valence-corrected chi connectivity index (χ1v) is 13.0. The van der Waals surface area contributed by atoms with Crippen LogP contribution in [0.5, 0.6) is 11.5 Å². The highest BCUT2D eigenvalue weighted by molar-refractivity contribution is 7.99. The molecule has 10 nitrogen and oxygen atoms in total. The fraction of sp³-hybridized carbons (Fsp3) is 0.217. The molecule has 0 aliphatic heterocycles. The second-order valence-electron chi connectivity index (χ2n) is 7.32. The molecule has 0 amide bonds. The molecule has 0 atom stereocenters. The van der Waals surface area contributed by atoms with Crippen LogP contribution in [0.2, 0.25) is 0 Å². The fourth-order valence-corrected chi connectivity index (χ4v) is 4.97. The lowest BCUT2D eigenvalue weighted by Gasteiger charge is -2.07. The molecular formula is C23H23N5O5S2. The van der Waals surface area contributed by atoms with E-state index in [1.807, 2.05) is 0 Å². The van der Waals surface area contributed by atoms with Gasteiger partial charge < -0.3 is 9.47 Å². The number of carbonyl (C=O) groups excluding carboxylic acids is 1. The van der Waals surface area contributed by atoms with Crippen molar-refractivity contribution < 1.29 is 22.7 Å². The molecule has 4 aromatic rings. The number of thioether (sulfide) groups is 1. The number of fused-ring (bicyclic) bond motifs is 1.